The number of thioether (sulfide) groups is 4. The van der Waals surface area contributed by atoms with Gasteiger partial charge in [-0.25, -0.2) is 8.42 Å². The van der Waals surface area contributed by atoms with Crippen molar-refractivity contribution in [2.24, 2.45) is 0 Å². The molecule has 0 saturated heterocycles. The van der Waals surface area contributed by atoms with Gasteiger partial charge in [0.05, 0.1) is 19.0 Å². The SMILES string of the molecule is C=CC(=O)SC(C)Sc1ccc(S(=O)(=O)c2ccc(SC(C)SC(=O)C=C)cc2)cc1. The Hall–Kier alpha value is -1.39. The highest BCUT2D eigenvalue weighted by Crippen LogP contribution is 2.34. The number of rotatable bonds is 10. The fraction of sp³-hybridized carbons (Fsp3) is 0.182. The lowest BCUT2D eigenvalue weighted by Gasteiger charge is -2.11. The van der Waals surface area contributed by atoms with Gasteiger partial charge in [0.2, 0.25) is 20.1 Å². The quantitative estimate of drug-likeness (QED) is 0.210. The fourth-order valence-corrected chi connectivity index (χ4v) is 7.47. The van der Waals surface area contributed by atoms with Gasteiger partial charge in [-0.3, -0.25) is 9.59 Å². The lowest BCUT2D eigenvalue weighted by molar-refractivity contribution is -0.107. The van der Waals surface area contributed by atoms with E-state index in [-0.39, 0.29) is 29.2 Å². The summed E-state index contributed by atoms with van der Waals surface area (Å²) in [5.41, 5.74) is 0. The molecular weight excluding hydrogens is 489 g/mol. The molecule has 9 heteroatoms. The minimum absolute atomic E-state index is 0.0136. The molecular formula is C22H22O4S5. The van der Waals surface area contributed by atoms with E-state index in [1.165, 1.54) is 59.2 Å². The summed E-state index contributed by atoms with van der Waals surface area (Å²) >= 11 is 5.30. The summed E-state index contributed by atoms with van der Waals surface area (Å²) in [6, 6.07) is 13.3. The molecule has 0 spiro atoms. The predicted octanol–water partition coefficient (Wildman–Crippen LogP) is 6.29. The summed E-state index contributed by atoms with van der Waals surface area (Å²) in [6.45, 7) is 10.7. The van der Waals surface area contributed by atoms with Crippen LogP contribution in [0.5, 0.6) is 0 Å². The van der Waals surface area contributed by atoms with Crippen LogP contribution >= 0.6 is 47.0 Å². The highest BCUT2D eigenvalue weighted by molar-refractivity contribution is 8.25. The molecule has 0 N–H and O–H groups in total. The minimum atomic E-state index is -3.64. The molecule has 2 aromatic carbocycles. The summed E-state index contributed by atoms with van der Waals surface area (Å²) in [5.74, 6) is 0. The van der Waals surface area contributed by atoms with Crippen LogP contribution in [0.2, 0.25) is 0 Å². The van der Waals surface area contributed by atoms with Crippen molar-refractivity contribution >= 4 is 67.1 Å². The Labute approximate surface area is 200 Å². The largest absolute Gasteiger partial charge is 0.282 e. The molecule has 31 heavy (non-hydrogen) atoms. The van der Waals surface area contributed by atoms with Crippen molar-refractivity contribution in [1.82, 2.24) is 0 Å². The molecule has 2 atom stereocenters. The average molecular weight is 511 g/mol. The maximum absolute atomic E-state index is 12.9. The van der Waals surface area contributed by atoms with Crippen molar-refractivity contribution in [3.05, 3.63) is 73.8 Å². The molecule has 2 rings (SSSR count). The zero-order chi connectivity index (χ0) is 23.0. The number of sulfone groups is 1. The van der Waals surface area contributed by atoms with Crippen LogP contribution in [0.4, 0.5) is 0 Å². The molecule has 0 radical (unpaired) electrons. The van der Waals surface area contributed by atoms with Crippen molar-refractivity contribution in [1.29, 1.82) is 0 Å². The third kappa shape index (κ3) is 7.91. The first-order chi connectivity index (χ1) is 14.6. The Bertz CT molecular complexity index is 965. The standard InChI is InChI=1S/C22H22O4S5/c1-5-21(23)29-15(3)27-17-7-11-19(12-8-17)31(25,26)20-13-9-18(10-14-20)28-16(4)30-22(24)6-2/h5-16H,1-2H2,3-4H3. The van der Waals surface area contributed by atoms with Crippen LogP contribution in [0.1, 0.15) is 13.8 Å². The summed E-state index contributed by atoms with van der Waals surface area (Å²) in [4.78, 5) is 25.0. The summed E-state index contributed by atoms with van der Waals surface area (Å²) in [5, 5.41) is -0.192. The second-order valence-corrected chi connectivity index (χ2v) is 14.2. The molecule has 0 bridgehead atoms. The van der Waals surface area contributed by atoms with E-state index in [1.54, 1.807) is 48.5 Å². The Balaban J connectivity index is 2.07. The van der Waals surface area contributed by atoms with Crippen LogP contribution in [0, 0.1) is 0 Å². The molecule has 0 aliphatic rings. The molecule has 0 heterocycles. The second-order valence-electron chi connectivity index (χ2n) is 6.10. The molecule has 164 valence electrons. The Morgan fingerprint density at radius 3 is 1.35 bits per heavy atom. The smallest absolute Gasteiger partial charge is 0.212 e. The summed E-state index contributed by atoms with van der Waals surface area (Å²) in [6.07, 6.45) is 2.56. The minimum Gasteiger partial charge on any atom is -0.282 e. The van der Waals surface area contributed by atoms with E-state index in [1.807, 2.05) is 13.8 Å². The van der Waals surface area contributed by atoms with Crippen LogP contribution in [0.15, 0.2) is 93.4 Å². The van der Waals surface area contributed by atoms with Gasteiger partial charge in [-0.05, 0) is 74.5 Å². The molecule has 0 fully saturated rings. The molecule has 4 nitrogen and oxygen atoms in total. The first-order valence-electron chi connectivity index (χ1n) is 9.10. The van der Waals surface area contributed by atoms with Gasteiger partial charge in [0.15, 0.2) is 0 Å². The van der Waals surface area contributed by atoms with E-state index < -0.39 is 9.84 Å². The second kappa shape index (κ2) is 12.0. The zero-order valence-electron chi connectivity index (χ0n) is 17.0. The van der Waals surface area contributed by atoms with Crippen molar-refractivity contribution in [3.63, 3.8) is 0 Å². The molecule has 0 saturated carbocycles. The van der Waals surface area contributed by atoms with E-state index >= 15 is 0 Å². The van der Waals surface area contributed by atoms with Gasteiger partial charge in [0.25, 0.3) is 0 Å². The summed E-state index contributed by atoms with van der Waals surface area (Å²) in [7, 11) is -3.64. The van der Waals surface area contributed by atoms with Crippen molar-refractivity contribution in [3.8, 4) is 0 Å². The van der Waals surface area contributed by atoms with Gasteiger partial charge >= 0.3 is 0 Å². The highest BCUT2D eigenvalue weighted by Gasteiger charge is 2.18. The van der Waals surface area contributed by atoms with E-state index in [9.17, 15) is 18.0 Å². The normalized spacial score (nSPS) is 13.2. The lowest BCUT2D eigenvalue weighted by atomic mass is 10.4. The monoisotopic (exact) mass is 510 g/mol. The third-order valence-corrected chi connectivity index (χ3v) is 9.92. The topological polar surface area (TPSA) is 68.3 Å². The van der Waals surface area contributed by atoms with Crippen molar-refractivity contribution < 1.29 is 18.0 Å². The maximum Gasteiger partial charge on any atom is 0.212 e. The zero-order valence-corrected chi connectivity index (χ0v) is 21.1. The van der Waals surface area contributed by atoms with Crippen LogP contribution in [-0.4, -0.2) is 27.8 Å². The Morgan fingerprint density at radius 2 is 1.06 bits per heavy atom. The van der Waals surface area contributed by atoms with E-state index in [2.05, 4.69) is 13.2 Å². The van der Waals surface area contributed by atoms with Gasteiger partial charge < -0.3 is 0 Å². The van der Waals surface area contributed by atoms with Crippen LogP contribution < -0.4 is 0 Å². The van der Waals surface area contributed by atoms with Gasteiger partial charge in [-0.2, -0.15) is 0 Å². The molecule has 0 aliphatic carbocycles. The molecule has 0 aromatic heterocycles. The fourth-order valence-electron chi connectivity index (χ4n) is 2.39. The van der Waals surface area contributed by atoms with Gasteiger partial charge in [-0.1, -0.05) is 36.7 Å². The third-order valence-electron chi connectivity index (χ3n) is 3.77. The van der Waals surface area contributed by atoms with E-state index in [0.717, 1.165) is 9.79 Å². The molecule has 2 unspecified atom stereocenters. The number of carbonyl (C=O) groups is 2. The van der Waals surface area contributed by atoms with E-state index in [4.69, 9.17) is 0 Å². The van der Waals surface area contributed by atoms with Crippen molar-refractivity contribution in [2.75, 3.05) is 0 Å². The number of carbonyl (C=O) groups excluding carboxylic acids is 2. The predicted molar refractivity (Wildman–Crippen MR) is 135 cm³/mol. The van der Waals surface area contributed by atoms with Crippen molar-refractivity contribution in [2.45, 2.75) is 42.6 Å². The number of hydrogen-bond acceptors (Lipinski definition) is 8. The average Bonchev–Trinajstić information content (AvgIpc) is 2.74. The first-order valence-corrected chi connectivity index (χ1v) is 14.1. The Morgan fingerprint density at radius 1 is 0.742 bits per heavy atom. The van der Waals surface area contributed by atoms with Gasteiger partial charge in [-0.15, -0.1) is 23.5 Å². The molecule has 0 aliphatic heterocycles. The molecule has 2 aromatic rings. The van der Waals surface area contributed by atoms with Crippen LogP contribution in [0.3, 0.4) is 0 Å². The number of benzene rings is 2. The first kappa shape index (κ1) is 25.9. The van der Waals surface area contributed by atoms with Crippen LogP contribution in [-0.2, 0) is 19.4 Å². The van der Waals surface area contributed by atoms with Gasteiger partial charge in [0, 0.05) is 9.79 Å². The molecule has 0 amide bonds. The van der Waals surface area contributed by atoms with E-state index in [0.29, 0.717) is 0 Å². The maximum atomic E-state index is 12.9. The van der Waals surface area contributed by atoms with Crippen LogP contribution in [0.25, 0.3) is 0 Å². The highest BCUT2D eigenvalue weighted by atomic mass is 32.2. The van der Waals surface area contributed by atoms with Gasteiger partial charge in [0.1, 0.15) is 0 Å². The summed E-state index contributed by atoms with van der Waals surface area (Å²) < 4.78 is 25.8. The Kier molecular flexibility index (Phi) is 10.0. The lowest BCUT2D eigenvalue weighted by Crippen LogP contribution is -2.02. The number of hydrogen-bond donors (Lipinski definition) is 0.